The Bertz CT molecular complexity index is 185. The number of hydrogen-bond acceptors (Lipinski definition) is 5. The zero-order valence-corrected chi connectivity index (χ0v) is 11.1. The van der Waals surface area contributed by atoms with E-state index in [1.165, 1.54) is 0 Å². The highest BCUT2D eigenvalue weighted by Gasteiger charge is 2.34. The van der Waals surface area contributed by atoms with E-state index in [0.29, 0.717) is 13.2 Å². The monoisotopic (exact) mass is 262 g/mol. The molecule has 0 heterocycles. The molecule has 0 spiro atoms. The average molecular weight is 262 g/mol. The lowest BCUT2D eigenvalue weighted by Gasteiger charge is -2.32. The van der Waals surface area contributed by atoms with Crippen LogP contribution in [0.3, 0.4) is 0 Å². The van der Waals surface area contributed by atoms with Crippen molar-refractivity contribution in [2.24, 2.45) is 11.3 Å². The van der Waals surface area contributed by atoms with Crippen LogP contribution >= 0.6 is 0 Å². The molecule has 0 amide bonds. The Morgan fingerprint density at radius 1 is 1.00 bits per heavy atom. The highest BCUT2D eigenvalue weighted by atomic mass is 16.5. The van der Waals surface area contributed by atoms with Crippen molar-refractivity contribution in [3.05, 3.63) is 25.3 Å². The summed E-state index contributed by atoms with van der Waals surface area (Å²) in [5.41, 5.74) is -0.950. The predicted molar refractivity (Wildman–Crippen MR) is 71.2 cm³/mol. The van der Waals surface area contributed by atoms with E-state index in [4.69, 9.17) is 25.2 Å². The largest absolute Gasteiger partial charge is 0.396 e. The van der Waals surface area contributed by atoms with Gasteiger partial charge in [0.25, 0.3) is 0 Å². The van der Waals surface area contributed by atoms with Crippen LogP contribution in [0.1, 0.15) is 6.92 Å². The Hall–Kier alpha value is -0.720. The minimum absolute atomic E-state index is 0.151. The molecule has 0 fully saturated rings. The lowest BCUT2D eigenvalue weighted by atomic mass is 9.79. The van der Waals surface area contributed by atoms with Crippen molar-refractivity contribution in [3.63, 3.8) is 0 Å². The molecule has 108 valence electrons. The third-order valence-corrected chi connectivity index (χ3v) is 2.74. The van der Waals surface area contributed by atoms with Gasteiger partial charge in [0, 0.05) is 12.0 Å². The molecule has 1 unspecified atom stereocenters. The summed E-state index contributed by atoms with van der Waals surface area (Å²) >= 11 is 0. The molecular formula is C13H26O5. The second-order valence-corrected chi connectivity index (χ2v) is 4.04. The van der Waals surface area contributed by atoms with Crippen LogP contribution in [0, 0.1) is 11.3 Å². The molecule has 0 aliphatic carbocycles. The van der Waals surface area contributed by atoms with Crippen molar-refractivity contribution in [1.29, 1.82) is 0 Å². The van der Waals surface area contributed by atoms with Crippen LogP contribution in [-0.2, 0) is 4.74 Å². The van der Waals surface area contributed by atoms with Crippen LogP contribution in [0.2, 0.25) is 0 Å². The van der Waals surface area contributed by atoms with Gasteiger partial charge < -0.3 is 25.2 Å². The fourth-order valence-corrected chi connectivity index (χ4v) is 1.05. The number of ether oxygens (including phenoxy) is 1. The van der Waals surface area contributed by atoms with Gasteiger partial charge in [0.2, 0.25) is 0 Å². The molecule has 0 aromatic heterocycles. The van der Waals surface area contributed by atoms with Crippen LogP contribution in [0.25, 0.3) is 0 Å². The first kappa shape index (κ1) is 19.6. The summed E-state index contributed by atoms with van der Waals surface area (Å²) in [5.74, 6) is -0.303. The molecule has 5 heteroatoms. The zero-order chi connectivity index (χ0) is 14.4. The molecule has 4 N–H and O–H groups in total. The van der Waals surface area contributed by atoms with Crippen molar-refractivity contribution in [2.45, 2.75) is 6.92 Å². The van der Waals surface area contributed by atoms with Crippen molar-refractivity contribution < 1.29 is 25.2 Å². The van der Waals surface area contributed by atoms with Gasteiger partial charge in [0.1, 0.15) is 0 Å². The molecule has 0 aliphatic heterocycles. The molecule has 0 aromatic rings. The van der Waals surface area contributed by atoms with Gasteiger partial charge in [-0.15, -0.1) is 13.2 Å². The smallest absolute Gasteiger partial charge is 0.0649 e. The Labute approximate surface area is 109 Å². The van der Waals surface area contributed by atoms with Gasteiger partial charge in [-0.3, -0.25) is 0 Å². The number of hydrogen-bond donors (Lipinski definition) is 4. The first-order chi connectivity index (χ1) is 8.58. The number of aliphatic hydroxyl groups is 4. The van der Waals surface area contributed by atoms with Crippen molar-refractivity contribution >= 4 is 0 Å². The van der Waals surface area contributed by atoms with E-state index >= 15 is 0 Å². The summed E-state index contributed by atoms with van der Waals surface area (Å²) in [7, 11) is 0. The topological polar surface area (TPSA) is 90.2 Å². The quantitative estimate of drug-likeness (QED) is 0.346. The fourth-order valence-electron chi connectivity index (χ4n) is 1.05. The van der Waals surface area contributed by atoms with Gasteiger partial charge in [-0.1, -0.05) is 19.1 Å². The van der Waals surface area contributed by atoms with Crippen LogP contribution in [0.15, 0.2) is 25.3 Å². The molecule has 0 radical (unpaired) electrons. The number of aliphatic hydroxyl groups excluding tert-OH is 4. The normalized spacial score (nSPS) is 12.3. The molecular weight excluding hydrogens is 236 g/mol. The van der Waals surface area contributed by atoms with Crippen LogP contribution in [-0.4, -0.2) is 60.1 Å². The Balaban J connectivity index is 0. The second-order valence-electron chi connectivity index (χ2n) is 4.04. The first-order valence-corrected chi connectivity index (χ1v) is 5.81. The average Bonchev–Trinajstić information content (AvgIpc) is 2.42. The molecule has 0 rings (SSSR count). The molecule has 0 saturated heterocycles. The van der Waals surface area contributed by atoms with Gasteiger partial charge in [-0.05, 0) is 5.92 Å². The predicted octanol–water partition coefficient (Wildman–Crippen LogP) is -0.0469. The van der Waals surface area contributed by atoms with Crippen molar-refractivity contribution in [1.82, 2.24) is 0 Å². The first-order valence-electron chi connectivity index (χ1n) is 5.81. The molecule has 0 aliphatic rings. The zero-order valence-electron chi connectivity index (χ0n) is 11.1. The van der Waals surface area contributed by atoms with Gasteiger partial charge in [0.05, 0.1) is 33.0 Å². The summed E-state index contributed by atoms with van der Waals surface area (Å²) < 4.78 is 4.90. The lowest BCUT2D eigenvalue weighted by molar-refractivity contribution is -0.0484. The third kappa shape index (κ3) is 7.58. The highest BCUT2D eigenvalue weighted by molar-refractivity contribution is 4.82. The Kier molecular flexibility index (Phi) is 13.9. The Morgan fingerprint density at radius 2 is 1.39 bits per heavy atom. The third-order valence-electron chi connectivity index (χ3n) is 2.74. The van der Waals surface area contributed by atoms with Crippen LogP contribution in [0.5, 0.6) is 0 Å². The van der Waals surface area contributed by atoms with E-state index < -0.39 is 5.41 Å². The van der Waals surface area contributed by atoms with E-state index in [1.807, 2.05) is 0 Å². The summed E-state index contributed by atoms with van der Waals surface area (Å²) in [6, 6.07) is 0. The maximum atomic E-state index is 8.85. The van der Waals surface area contributed by atoms with E-state index in [-0.39, 0.29) is 32.3 Å². The van der Waals surface area contributed by atoms with E-state index in [9.17, 15) is 0 Å². The van der Waals surface area contributed by atoms with E-state index in [1.54, 1.807) is 19.1 Å². The Morgan fingerprint density at radius 3 is 1.56 bits per heavy atom. The van der Waals surface area contributed by atoms with Gasteiger partial charge in [0.15, 0.2) is 0 Å². The maximum absolute atomic E-state index is 8.85. The fraction of sp³-hybridized carbons (Fsp3) is 0.692. The maximum Gasteiger partial charge on any atom is 0.0649 e. The van der Waals surface area contributed by atoms with E-state index in [2.05, 4.69) is 13.2 Å². The summed E-state index contributed by atoms with van der Waals surface area (Å²) in [6.45, 7) is 8.75. The van der Waals surface area contributed by atoms with Crippen molar-refractivity contribution in [2.75, 3.05) is 39.6 Å². The van der Waals surface area contributed by atoms with Gasteiger partial charge >= 0.3 is 0 Å². The standard InChI is InChI=1S/C7H16O4.C6H10O/c1-6(2-8)7(3-9,4-10)5-11;1-3-5-7-6-4-2/h6,8-11H,2-5H2,1H3;3-4H,1-2,5-6H2. The second kappa shape index (κ2) is 12.7. The molecule has 18 heavy (non-hydrogen) atoms. The minimum atomic E-state index is -0.950. The highest BCUT2D eigenvalue weighted by Crippen LogP contribution is 2.25. The summed E-state index contributed by atoms with van der Waals surface area (Å²) in [6.07, 6.45) is 3.42. The molecule has 5 nitrogen and oxygen atoms in total. The summed E-state index contributed by atoms with van der Waals surface area (Å²) in [5, 5.41) is 35.3. The van der Waals surface area contributed by atoms with Gasteiger partial charge in [-0.2, -0.15) is 0 Å². The van der Waals surface area contributed by atoms with Crippen LogP contribution < -0.4 is 0 Å². The van der Waals surface area contributed by atoms with Gasteiger partial charge in [-0.25, -0.2) is 0 Å². The molecule has 0 aromatic carbocycles. The van der Waals surface area contributed by atoms with E-state index in [0.717, 1.165) is 0 Å². The van der Waals surface area contributed by atoms with Crippen molar-refractivity contribution in [3.8, 4) is 0 Å². The molecule has 0 saturated carbocycles. The van der Waals surface area contributed by atoms with Crippen LogP contribution in [0.4, 0.5) is 0 Å². The summed E-state index contributed by atoms with van der Waals surface area (Å²) in [4.78, 5) is 0. The number of rotatable bonds is 9. The molecule has 0 bridgehead atoms. The minimum Gasteiger partial charge on any atom is -0.396 e. The SMILES string of the molecule is C=CCOCC=C.CC(CO)C(CO)(CO)CO. The lowest BCUT2D eigenvalue weighted by Crippen LogP contribution is -2.41. The molecule has 1 atom stereocenters.